The first kappa shape index (κ1) is 83.6. The minimum atomic E-state index is 0. The number of rotatable bonds is 10. The third-order valence-corrected chi connectivity index (χ3v) is 18.6. The molecule has 12 heteroatoms. The van der Waals surface area contributed by atoms with Crippen LogP contribution in [0.1, 0.15) is 190 Å². The highest BCUT2D eigenvalue weighted by Gasteiger charge is 2.38. The van der Waals surface area contributed by atoms with Gasteiger partial charge in [0, 0.05) is 147 Å². The van der Waals surface area contributed by atoms with E-state index < -0.39 is 0 Å². The van der Waals surface area contributed by atoms with Crippen LogP contribution in [-0.2, 0) is 11.8 Å². The maximum atomic E-state index is 5.21. The fourth-order valence-corrected chi connectivity index (χ4v) is 10.9. The molecule has 0 unspecified atom stereocenters. The van der Waals surface area contributed by atoms with Crippen LogP contribution < -0.4 is 0 Å². The Morgan fingerprint density at radius 1 is 0.488 bits per heavy atom. The summed E-state index contributed by atoms with van der Waals surface area (Å²) in [6, 6.07) is 8.31. The summed E-state index contributed by atoms with van der Waals surface area (Å²) in [6.45, 7) is 71.0. The molecule has 2 aromatic heterocycles. The first-order valence-electron chi connectivity index (χ1n) is 34.7. The van der Waals surface area contributed by atoms with Crippen molar-refractivity contribution < 1.29 is 4.74 Å². The number of piperidine rings is 1. The van der Waals surface area contributed by atoms with Crippen LogP contribution in [0.5, 0.6) is 0 Å². The molecular weight excluding hydrogens is 1060 g/mol. The monoisotopic (exact) mass is 1210 g/mol. The van der Waals surface area contributed by atoms with E-state index in [2.05, 4.69) is 222 Å². The van der Waals surface area contributed by atoms with Crippen molar-refractivity contribution in [2.75, 3.05) is 146 Å². The average molecular weight is 1210 g/mol. The number of likely N-dealkylation sites (N-methyl/N-ethyl adjacent to an activating group) is 2. The van der Waals surface area contributed by atoms with Gasteiger partial charge in [0.05, 0.1) is 19.5 Å². The van der Waals surface area contributed by atoms with E-state index in [1.54, 1.807) is 12.5 Å². The number of hydrogen-bond donors (Lipinski definition) is 0. The van der Waals surface area contributed by atoms with Crippen LogP contribution >= 0.6 is 0 Å². The van der Waals surface area contributed by atoms with E-state index >= 15 is 0 Å². The molecule has 0 bridgehead atoms. The van der Waals surface area contributed by atoms with E-state index in [-0.39, 0.29) is 7.43 Å². The zero-order valence-electron chi connectivity index (χ0n) is 61.0. The molecule has 7 saturated heterocycles. The number of imidazole rings is 1. The molecule has 0 atom stereocenters. The number of morpholine rings is 1. The number of aryl methyl sites for hydroxylation is 1. The molecule has 1 aliphatic carbocycles. The maximum Gasteiger partial charge on any atom is 0.0943 e. The van der Waals surface area contributed by atoms with E-state index in [0.29, 0.717) is 12.0 Å². The van der Waals surface area contributed by atoms with Gasteiger partial charge in [0.2, 0.25) is 0 Å². The SMILES string of the molecule is C.C=C(C)N1CC(C(C)C)C1.CC(C)C.CC(C)C1CCC1.CC(C)C1CCN(C)CC1.CC(C)C1CN(C)C1.CC(C)C1CN(C2CN(C)C2)C1.CC(C)N1CCN(C)CC1.CC(C)N1CCOCC1.CC(C)c1ccccn1.Cn1ccnc1. The van der Waals surface area contributed by atoms with Crippen LogP contribution in [0.4, 0.5) is 0 Å². The minimum absolute atomic E-state index is 0. The van der Waals surface area contributed by atoms with Crippen LogP contribution in [0.2, 0.25) is 0 Å². The molecule has 12 nitrogen and oxygen atoms in total. The molecule has 2 aromatic rings. The Morgan fingerprint density at radius 3 is 1.19 bits per heavy atom. The van der Waals surface area contributed by atoms with E-state index in [9.17, 15) is 0 Å². The number of nitrogens with zero attached hydrogens (tertiary/aromatic N) is 11. The summed E-state index contributed by atoms with van der Waals surface area (Å²) < 4.78 is 7.10. The van der Waals surface area contributed by atoms with Gasteiger partial charge in [0.1, 0.15) is 0 Å². The Balaban J connectivity index is 0.000000941. The standard InChI is InChI=1S/C10H20N2.C9H17N.C9H19N.C8H18N2.C8H11N.C7H15NO.C7H15N.C7H14.C4H6N2.C4H10.CH4/c1-8(2)9-4-12(5-9)10-6-11(3)7-10;1-7(2)9-5-10(6-9)8(3)4;1-8(2)9-4-6-10(3)7-5-9;1-8(2)10-6-4-9(3)5-7-10;1-7(2)8-5-3-4-6-9-8;1-7(2)8-3-5-9-6-4-8;1-6(2)7-4-8(3)5-7;1-6(2)7-4-3-5-7;1-6-3-2-5-4-6;1-4(2)3;/h8-10H,4-7H2,1-3H3;7,9H,3,5-6H2,1-2,4H3;8-9H,4-7H2,1-3H3;8H,4-7H2,1-3H3;3-7H,1-2H3;7H,3-6H2,1-2H3;6-7H,4-5H2,1-3H3;6-7H,3-5H2,1-2H3;2-4H,1H3;4H,1-3H3;1H4. The molecule has 0 aromatic carbocycles. The van der Waals surface area contributed by atoms with E-state index in [1.165, 1.54) is 129 Å². The lowest BCUT2D eigenvalue weighted by atomic mass is 9.78. The minimum Gasteiger partial charge on any atom is -0.379 e. The first-order chi connectivity index (χ1) is 39.9. The fourth-order valence-electron chi connectivity index (χ4n) is 10.9. The summed E-state index contributed by atoms with van der Waals surface area (Å²) in [5.74, 6) is 10.8. The Kier molecular flexibility index (Phi) is 45.3. The van der Waals surface area contributed by atoms with E-state index in [1.807, 2.05) is 42.2 Å². The van der Waals surface area contributed by atoms with Crippen LogP contribution in [0, 0.1) is 65.1 Å². The first-order valence-corrected chi connectivity index (χ1v) is 34.7. The fraction of sp³-hybridized carbons (Fsp3) is 0.865. The zero-order valence-corrected chi connectivity index (χ0v) is 61.0. The summed E-state index contributed by atoms with van der Waals surface area (Å²) in [5.41, 5.74) is 2.38. The van der Waals surface area contributed by atoms with Crippen LogP contribution in [0.15, 0.2) is 55.4 Å². The molecule has 86 heavy (non-hydrogen) atoms. The quantitative estimate of drug-likeness (QED) is 0.229. The van der Waals surface area contributed by atoms with Crippen molar-refractivity contribution >= 4 is 0 Å². The lowest BCUT2D eigenvalue weighted by Crippen LogP contribution is -2.64. The molecule has 1 saturated carbocycles. The number of piperazine rings is 1. The molecule has 506 valence electrons. The lowest BCUT2D eigenvalue weighted by Gasteiger charge is -2.52. The molecule has 0 spiro atoms. The van der Waals surface area contributed by atoms with Gasteiger partial charge in [-0.05, 0) is 172 Å². The molecule has 0 amide bonds. The van der Waals surface area contributed by atoms with Gasteiger partial charge in [-0.3, -0.25) is 19.7 Å². The van der Waals surface area contributed by atoms with Gasteiger partial charge >= 0.3 is 0 Å². The third-order valence-electron chi connectivity index (χ3n) is 18.6. The van der Waals surface area contributed by atoms with E-state index in [0.717, 1.165) is 109 Å². The highest BCUT2D eigenvalue weighted by molar-refractivity contribution is 5.07. The summed E-state index contributed by atoms with van der Waals surface area (Å²) in [4.78, 5) is 27.5. The van der Waals surface area contributed by atoms with Gasteiger partial charge < -0.3 is 33.8 Å². The van der Waals surface area contributed by atoms with Gasteiger partial charge in [-0.2, -0.15) is 0 Å². The average Bonchev–Trinajstić information content (AvgIpc) is 3.40. The summed E-state index contributed by atoms with van der Waals surface area (Å²) in [7, 11) is 10.7. The number of hydrogen-bond acceptors (Lipinski definition) is 11. The molecule has 8 fully saturated rings. The van der Waals surface area contributed by atoms with Crippen LogP contribution in [0.25, 0.3) is 0 Å². The maximum absolute atomic E-state index is 5.21. The van der Waals surface area contributed by atoms with Gasteiger partial charge in [-0.25, -0.2) is 4.98 Å². The topological polar surface area (TPSA) is 65.9 Å². The second kappa shape index (κ2) is 46.6. The summed E-state index contributed by atoms with van der Waals surface area (Å²) in [5, 5.41) is 0. The van der Waals surface area contributed by atoms with Crippen molar-refractivity contribution in [3.05, 3.63) is 61.1 Å². The van der Waals surface area contributed by atoms with Gasteiger partial charge in [0.25, 0.3) is 0 Å². The normalized spacial score (nSPS) is 20.5. The van der Waals surface area contributed by atoms with Crippen LogP contribution in [0.3, 0.4) is 0 Å². The molecule has 7 aliphatic heterocycles. The van der Waals surface area contributed by atoms with Crippen molar-refractivity contribution in [2.45, 2.75) is 202 Å². The van der Waals surface area contributed by atoms with Crippen LogP contribution in [-0.4, -0.2) is 218 Å². The Bertz CT molecular complexity index is 1790. The molecular formula is C74H149N11O. The van der Waals surface area contributed by atoms with Crippen molar-refractivity contribution in [3.8, 4) is 0 Å². The summed E-state index contributed by atoms with van der Waals surface area (Å²) >= 11 is 0. The number of ether oxygens (including phenoxy) is 1. The van der Waals surface area contributed by atoms with E-state index in [4.69, 9.17) is 4.74 Å². The molecule has 8 aliphatic rings. The molecule has 9 heterocycles. The Labute approximate surface area is 537 Å². The molecule has 0 N–H and O–H groups in total. The predicted molar refractivity (Wildman–Crippen MR) is 379 cm³/mol. The number of pyridine rings is 1. The number of allylic oxidation sites excluding steroid dienone is 1. The highest BCUT2D eigenvalue weighted by atomic mass is 16.5. The van der Waals surface area contributed by atoms with Gasteiger partial charge in [0.15, 0.2) is 0 Å². The van der Waals surface area contributed by atoms with Crippen molar-refractivity contribution in [3.63, 3.8) is 0 Å². The van der Waals surface area contributed by atoms with Gasteiger partial charge in [-0.1, -0.05) is 143 Å². The number of aromatic nitrogens is 3. The predicted octanol–water partition coefficient (Wildman–Crippen LogP) is 14.9. The largest absolute Gasteiger partial charge is 0.379 e. The van der Waals surface area contributed by atoms with Crippen molar-refractivity contribution in [2.24, 2.45) is 72.1 Å². The second-order valence-electron chi connectivity index (χ2n) is 30.1. The molecule has 10 rings (SSSR count). The number of likely N-dealkylation sites (tertiary alicyclic amines) is 5. The third kappa shape index (κ3) is 37.7. The Morgan fingerprint density at radius 2 is 0.907 bits per heavy atom. The lowest BCUT2D eigenvalue weighted by molar-refractivity contribution is -0.0339. The van der Waals surface area contributed by atoms with Crippen molar-refractivity contribution in [1.29, 1.82) is 0 Å². The highest BCUT2D eigenvalue weighted by Crippen LogP contribution is 2.33. The smallest absolute Gasteiger partial charge is 0.0943 e. The zero-order chi connectivity index (χ0) is 64.3. The Hall–Kier alpha value is -2.42. The summed E-state index contributed by atoms with van der Waals surface area (Å²) in [6.07, 6.45) is 14.5. The molecule has 0 radical (unpaired) electrons. The van der Waals surface area contributed by atoms with Gasteiger partial charge in [-0.15, -0.1) is 0 Å². The second-order valence-corrected chi connectivity index (χ2v) is 30.1. The van der Waals surface area contributed by atoms with Crippen molar-refractivity contribution in [1.82, 2.24) is 53.7 Å².